The van der Waals surface area contributed by atoms with Crippen molar-refractivity contribution in [2.24, 2.45) is 0 Å². The minimum Gasteiger partial charge on any atom is -0.435 e. The highest BCUT2D eigenvalue weighted by molar-refractivity contribution is 5.92. The quantitative estimate of drug-likeness (QED) is 0.877. The molecule has 0 aliphatic carbocycles. The molecule has 0 radical (unpaired) electrons. The molecule has 0 spiro atoms. The molecule has 1 unspecified atom stereocenters. The van der Waals surface area contributed by atoms with Gasteiger partial charge in [0.05, 0.1) is 25.5 Å². The largest absolute Gasteiger partial charge is 0.435 e. The number of aryl methyl sites for hydroxylation is 2. The lowest BCUT2D eigenvalue weighted by atomic mass is 10.0. The van der Waals surface area contributed by atoms with Gasteiger partial charge in [0.15, 0.2) is 5.89 Å². The van der Waals surface area contributed by atoms with Gasteiger partial charge >= 0.3 is 0 Å². The van der Waals surface area contributed by atoms with Gasteiger partial charge in [0.2, 0.25) is 5.76 Å². The molecule has 0 bridgehead atoms. The fourth-order valence-corrected chi connectivity index (χ4v) is 3.49. The summed E-state index contributed by atoms with van der Waals surface area (Å²) in [4.78, 5) is 21.0. The SMILES string of the molecule is CCc1nc(C)c(C(=O)N2CCOCC(O)(CN3CCCC3)C2)o1. The Balaban J connectivity index is 1.73. The second kappa shape index (κ2) is 7.21. The average Bonchev–Trinajstić information content (AvgIpc) is 3.14. The lowest BCUT2D eigenvalue weighted by molar-refractivity contribution is -0.0525. The Morgan fingerprint density at radius 2 is 2.08 bits per heavy atom. The number of nitrogens with zero attached hydrogens (tertiary/aromatic N) is 3. The third kappa shape index (κ3) is 3.79. The summed E-state index contributed by atoms with van der Waals surface area (Å²) in [7, 11) is 0. The molecule has 7 heteroatoms. The van der Waals surface area contributed by atoms with Crippen LogP contribution in [0, 0.1) is 6.92 Å². The van der Waals surface area contributed by atoms with E-state index in [1.54, 1.807) is 11.8 Å². The third-order valence-electron chi connectivity index (χ3n) is 4.70. The van der Waals surface area contributed by atoms with Crippen LogP contribution in [0.3, 0.4) is 0 Å². The van der Waals surface area contributed by atoms with Crippen molar-refractivity contribution in [2.45, 2.75) is 38.7 Å². The van der Waals surface area contributed by atoms with Crippen LogP contribution in [0.1, 0.15) is 41.9 Å². The zero-order valence-corrected chi connectivity index (χ0v) is 14.6. The van der Waals surface area contributed by atoms with Gasteiger partial charge < -0.3 is 24.1 Å². The van der Waals surface area contributed by atoms with Gasteiger partial charge in [-0.1, -0.05) is 6.92 Å². The van der Waals surface area contributed by atoms with E-state index in [2.05, 4.69) is 9.88 Å². The topological polar surface area (TPSA) is 79.0 Å². The molecule has 134 valence electrons. The van der Waals surface area contributed by atoms with Crippen molar-refractivity contribution >= 4 is 5.91 Å². The van der Waals surface area contributed by atoms with Gasteiger partial charge in [-0.2, -0.15) is 0 Å². The lowest BCUT2D eigenvalue weighted by Crippen LogP contribution is -2.53. The molecule has 0 saturated carbocycles. The van der Waals surface area contributed by atoms with Gasteiger partial charge in [-0.25, -0.2) is 4.98 Å². The summed E-state index contributed by atoms with van der Waals surface area (Å²) in [5.41, 5.74) is -0.442. The molecule has 1 amide bonds. The van der Waals surface area contributed by atoms with Crippen LogP contribution in [-0.4, -0.2) is 77.3 Å². The van der Waals surface area contributed by atoms with Gasteiger partial charge in [-0.05, 0) is 32.9 Å². The number of ether oxygens (including phenoxy) is 1. The average molecular weight is 337 g/mol. The number of hydrogen-bond acceptors (Lipinski definition) is 6. The Labute approximate surface area is 142 Å². The molecule has 3 rings (SSSR count). The van der Waals surface area contributed by atoms with Crippen molar-refractivity contribution < 1.29 is 19.1 Å². The van der Waals surface area contributed by atoms with E-state index in [-0.39, 0.29) is 24.8 Å². The molecule has 2 aliphatic rings. The number of aromatic nitrogens is 1. The maximum absolute atomic E-state index is 12.8. The molecular formula is C17H27N3O4. The maximum Gasteiger partial charge on any atom is 0.291 e. The zero-order valence-electron chi connectivity index (χ0n) is 14.6. The van der Waals surface area contributed by atoms with E-state index in [9.17, 15) is 9.90 Å². The first-order valence-corrected chi connectivity index (χ1v) is 8.79. The first-order chi connectivity index (χ1) is 11.5. The summed E-state index contributed by atoms with van der Waals surface area (Å²) in [6.07, 6.45) is 2.98. The summed E-state index contributed by atoms with van der Waals surface area (Å²) in [6, 6.07) is 0. The van der Waals surface area contributed by atoms with Gasteiger partial charge in [0, 0.05) is 19.5 Å². The fourth-order valence-electron chi connectivity index (χ4n) is 3.49. The van der Waals surface area contributed by atoms with Crippen molar-refractivity contribution in [1.82, 2.24) is 14.8 Å². The summed E-state index contributed by atoms with van der Waals surface area (Å²) in [5.74, 6) is 0.622. The van der Waals surface area contributed by atoms with Crippen LogP contribution >= 0.6 is 0 Å². The highest BCUT2D eigenvalue weighted by Crippen LogP contribution is 2.20. The standard InChI is InChI=1S/C17H27N3O4/c1-3-14-18-13(2)15(24-14)16(21)20-8-9-23-12-17(22,11-20)10-19-6-4-5-7-19/h22H,3-12H2,1-2H3. The highest BCUT2D eigenvalue weighted by Gasteiger charge is 2.37. The van der Waals surface area contributed by atoms with Crippen molar-refractivity contribution in [1.29, 1.82) is 0 Å². The van der Waals surface area contributed by atoms with E-state index in [0.717, 1.165) is 25.9 Å². The first-order valence-electron chi connectivity index (χ1n) is 8.79. The van der Waals surface area contributed by atoms with Crippen molar-refractivity contribution in [3.05, 3.63) is 17.3 Å². The van der Waals surface area contributed by atoms with E-state index >= 15 is 0 Å². The van der Waals surface area contributed by atoms with Gasteiger partial charge in [-0.15, -0.1) is 0 Å². The number of hydrogen-bond donors (Lipinski definition) is 1. The normalized spacial score (nSPS) is 25.9. The van der Waals surface area contributed by atoms with E-state index in [4.69, 9.17) is 9.15 Å². The molecule has 2 fully saturated rings. The third-order valence-corrected chi connectivity index (χ3v) is 4.70. The second-order valence-corrected chi connectivity index (χ2v) is 6.86. The highest BCUT2D eigenvalue weighted by atomic mass is 16.5. The Bertz CT molecular complexity index is 582. The van der Waals surface area contributed by atoms with Crippen LogP contribution < -0.4 is 0 Å². The molecule has 1 aromatic heterocycles. The van der Waals surface area contributed by atoms with Crippen LogP contribution in [-0.2, 0) is 11.2 Å². The number of aliphatic hydroxyl groups is 1. The number of β-amino-alcohol motifs (C(OH)–C–C–N with tert-alkyl or cyclic N) is 1. The molecule has 7 nitrogen and oxygen atoms in total. The van der Waals surface area contributed by atoms with Crippen LogP contribution in [0.4, 0.5) is 0 Å². The van der Waals surface area contributed by atoms with Gasteiger partial charge in [0.25, 0.3) is 5.91 Å². The number of likely N-dealkylation sites (tertiary alicyclic amines) is 1. The Morgan fingerprint density at radius 1 is 1.33 bits per heavy atom. The number of rotatable bonds is 4. The number of carbonyl (C=O) groups excluding carboxylic acids is 1. The smallest absolute Gasteiger partial charge is 0.291 e. The second-order valence-electron chi connectivity index (χ2n) is 6.86. The summed E-state index contributed by atoms with van der Waals surface area (Å²) in [6.45, 7) is 7.62. The molecular weight excluding hydrogens is 310 g/mol. The number of carbonyl (C=O) groups is 1. The van der Waals surface area contributed by atoms with Gasteiger partial charge in [-0.3, -0.25) is 4.79 Å². The van der Waals surface area contributed by atoms with Crippen LogP contribution in [0.5, 0.6) is 0 Å². The summed E-state index contributed by atoms with van der Waals surface area (Å²) >= 11 is 0. The van der Waals surface area contributed by atoms with Gasteiger partial charge in [0.1, 0.15) is 5.60 Å². The van der Waals surface area contributed by atoms with Crippen molar-refractivity contribution in [3.63, 3.8) is 0 Å². The Hall–Kier alpha value is -1.44. The lowest BCUT2D eigenvalue weighted by Gasteiger charge is -2.33. The Kier molecular flexibility index (Phi) is 5.22. The van der Waals surface area contributed by atoms with Crippen LogP contribution in [0.25, 0.3) is 0 Å². The molecule has 2 aliphatic heterocycles. The van der Waals surface area contributed by atoms with E-state index < -0.39 is 5.60 Å². The number of amides is 1. The fraction of sp³-hybridized carbons (Fsp3) is 0.765. The first kappa shape index (κ1) is 17.4. The summed E-state index contributed by atoms with van der Waals surface area (Å²) < 4.78 is 11.2. The molecule has 1 aromatic rings. The predicted molar refractivity (Wildman–Crippen MR) is 88.0 cm³/mol. The monoisotopic (exact) mass is 337 g/mol. The molecule has 0 aromatic carbocycles. The van der Waals surface area contributed by atoms with Crippen molar-refractivity contribution in [3.8, 4) is 0 Å². The Morgan fingerprint density at radius 3 is 2.75 bits per heavy atom. The molecule has 1 N–H and O–H groups in total. The molecule has 1 atom stereocenters. The molecule has 2 saturated heterocycles. The van der Waals surface area contributed by atoms with Crippen molar-refractivity contribution in [2.75, 3.05) is 45.9 Å². The van der Waals surface area contributed by atoms with E-state index in [1.165, 1.54) is 0 Å². The maximum atomic E-state index is 12.8. The van der Waals surface area contributed by atoms with E-state index in [1.807, 2.05) is 6.92 Å². The number of oxazole rings is 1. The molecule has 3 heterocycles. The zero-order chi connectivity index (χ0) is 17.2. The minimum absolute atomic E-state index is 0.218. The van der Waals surface area contributed by atoms with Crippen LogP contribution in [0.2, 0.25) is 0 Å². The predicted octanol–water partition coefficient (Wildman–Crippen LogP) is 0.845. The van der Waals surface area contributed by atoms with E-state index in [0.29, 0.717) is 37.7 Å². The van der Waals surface area contributed by atoms with Crippen LogP contribution in [0.15, 0.2) is 4.42 Å². The molecule has 24 heavy (non-hydrogen) atoms. The summed E-state index contributed by atoms with van der Waals surface area (Å²) in [5, 5.41) is 11.0. The minimum atomic E-state index is -1.04.